The zero-order valence-corrected chi connectivity index (χ0v) is 9.92. The van der Waals surface area contributed by atoms with Crippen LogP contribution in [0.1, 0.15) is 17.4 Å². The fraction of sp³-hybridized carbons (Fsp3) is 0.400. The Hall–Kier alpha value is -0.580. The van der Waals surface area contributed by atoms with Crippen molar-refractivity contribution in [3.05, 3.63) is 29.8 Å². The Morgan fingerprint density at radius 1 is 1.33 bits per heavy atom. The minimum atomic E-state index is -3.15. The summed E-state index contributed by atoms with van der Waals surface area (Å²) in [5.74, 6) is 0. The van der Waals surface area contributed by atoms with Crippen molar-refractivity contribution in [1.29, 1.82) is 0 Å². The van der Waals surface area contributed by atoms with Crippen LogP contribution in [0.4, 0.5) is 0 Å². The molecule has 84 valence electrons. The summed E-state index contributed by atoms with van der Waals surface area (Å²) in [6.45, 7) is 0.0159. The molecule has 0 heterocycles. The molecule has 15 heavy (non-hydrogen) atoms. The van der Waals surface area contributed by atoms with E-state index in [9.17, 15) is 8.42 Å². The van der Waals surface area contributed by atoms with Gasteiger partial charge in [-0.05, 0) is 24.1 Å². The van der Waals surface area contributed by atoms with Gasteiger partial charge in [0.2, 0.25) is 0 Å². The summed E-state index contributed by atoms with van der Waals surface area (Å²) in [5.41, 5.74) is 0.818. The molecule has 1 aromatic carbocycles. The number of halogens is 1. The maximum absolute atomic E-state index is 11.2. The molecule has 0 radical (unpaired) electrons. The van der Waals surface area contributed by atoms with Gasteiger partial charge in [0, 0.05) is 12.9 Å². The molecular formula is C10H13ClO3S. The number of hydrogen-bond donors (Lipinski definition) is 1. The van der Waals surface area contributed by atoms with Gasteiger partial charge in [-0.2, -0.15) is 0 Å². The van der Waals surface area contributed by atoms with E-state index < -0.39 is 9.84 Å². The van der Waals surface area contributed by atoms with Crippen LogP contribution in [0.15, 0.2) is 29.2 Å². The van der Waals surface area contributed by atoms with Crippen molar-refractivity contribution in [3.8, 4) is 0 Å². The Morgan fingerprint density at radius 2 is 1.87 bits per heavy atom. The minimum absolute atomic E-state index is 0.0159. The van der Waals surface area contributed by atoms with Crippen LogP contribution in [-0.2, 0) is 9.84 Å². The van der Waals surface area contributed by atoms with Gasteiger partial charge >= 0.3 is 0 Å². The Kier molecular flexibility index (Phi) is 4.13. The first-order chi connectivity index (χ1) is 6.95. The second kappa shape index (κ2) is 4.96. The lowest BCUT2D eigenvalue weighted by Gasteiger charge is -2.08. The molecule has 1 rings (SSSR count). The zero-order chi connectivity index (χ0) is 11.5. The van der Waals surface area contributed by atoms with Gasteiger partial charge in [0.05, 0.1) is 10.3 Å². The van der Waals surface area contributed by atoms with Gasteiger partial charge in [0.1, 0.15) is 0 Å². The molecule has 0 bridgehead atoms. The SMILES string of the molecule is CS(=O)(=O)c1ccc(C(Cl)CCO)cc1. The van der Waals surface area contributed by atoms with Crippen molar-refractivity contribution in [3.63, 3.8) is 0 Å². The van der Waals surface area contributed by atoms with E-state index in [1.165, 1.54) is 12.1 Å². The van der Waals surface area contributed by atoms with Crippen molar-refractivity contribution < 1.29 is 13.5 Å². The van der Waals surface area contributed by atoms with Crippen molar-refractivity contribution in [1.82, 2.24) is 0 Å². The molecule has 1 atom stereocenters. The monoisotopic (exact) mass is 248 g/mol. The van der Waals surface area contributed by atoms with Crippen molar-refractivity contribution in [2.24, 2.45) is 0 Å². The molecule has 0 aromatic heterocycles. The van der Waals surface area contributed by atoms with E-state index in [4.69, 9.17) is 16.7 Å². The number of benzene rings is 1. The van der Waals surface area contributed by atoms with E-state index in [2.05, 4.69) is 0 Å². The second-order valence-corrected chi connectivity index (χ2v) is 5.86. The fourth-order valence-electron chi connectivity index (χ4n) is 1.20. The number of hydrogen-bond acceptors (Lipinski definition) is 3. The van der Waals surface area contributed by atoms with Crippen molar-refractivity contribution >= 4 is 21.4 Å². The van der Waals surface area contributed by atoms with E-state index in [0.717, 1.165) is 11.8 Å². The first kappa shape index (κ1) is 12.5. The fourth-order valence-corrected chi connectivity index (χ4v) is 2.08. The average Bonchev–Trinajstić information content (AvgIpc) is 2.17. The van der Waals surface area contributed by atoms with Crippen LogP contribution < -0.4 is 0 Å². The van der Waals surface area contributed by atoms with Gasteiger partial charge in [-0.15, -0.1) is 11.6 Å². The van der Waals surface area contributed by atoms with E-state index in [-0.39, 0.29) is 16.9 Å². The lowest BCUT2D eigenvalue weighted by molar-refractivity contribution is 0.286. The molecule has 0 saturated carbocycles. The van der Waals surface area contributed by atoms with E-state index >= 15 is 0 Å². The second-order valence-electron chi connectivity index (χ2n) is 3.32. The number of alkyl halides is 1. The third kappa shape index (κ3) is 3.48. The van der Waals surface area contributed by atoms with E-state index in [0.29, 0.717) is 6.42 Å². The van der Waals surface area contributed by atoms with Gasteiger partial charge < -0.3 is 5.11 Å². The summed E-state index contributed by atoms with van der Waals surface area (Å²) in [6, 6.07) is 6.39. The summed E-state index contributed by atoms with van der Waals surface area (Å²) in [6.07, 6.45) is 1.62. The minimum Gasteiger partial charge on any atom is -0.396 e. The number of rotatable bonds is 4. The molecule has 5 heteroatoms. The molecule has 0 aliphatic carbocycles. The predicted octanol–water partition coefficient (Wildman–Crippen LogP) is 1.75. The lowest BCUT2D eigenvalue weighted by atomic mass is 10.1. The van der Waals surface area contributed by atoms with Gasteiger partial charge in [-0.3, -0.25) is 0 Å². The smallest absolute Gasteiger partial charge is 0.175 e. The summed E-state index contributed by atoms with van der Waals surface area (Å²) in [5, 5.41) is 8.43. The highest BCUT2D eigenvalue weighted by molar-refractivity contribution is 7.90. The van der Waals surface area contributed by atoms with Crippen LogP contribution in [0.3, 0.4) is 0 Å². The first-order valence-electron chi connectivity index (χ1n) is 4.50. The first-order valence-corrected chi connectivity index (χ1v) is 6.83. The normalized spacial score (nSPS) is 13.8. The highest BCUT2D eigenvalue weighted by Gasteiger charge is 2.10. The van der Waals surface area contributed by atoms with Crippen LogP contribution in [0.5, 0.6) is 0 Å². The number of aliphatic hydroxyl groups is 1. The van der Waals surface area contributed by atoms with Gasteiger partial charge in [-0.1, -0.05) is 12.1 Å². The third-order valence-electron chi connectivity index (χ3n) is 2.05. The quantitative estimate of drug-likeness (QED) is 0.826. The third-order valence-corrected chi connectivity index (χ3v) is 3.65. The van der Waals surface area contributed by atoms with E-state index in [1.807, 2.05) is 0 Å². The van der Waals surface area contributed by atoms with Gasteiger partial charge in [0.15, 0.2) is 9.84 Å². The lowest BCUT2D eigenvalue weighted by Crippen LogP contribution is -1.98. The molecule has 1 aromatic rings. The molecule has 0 aliphatic heterocycles. The molecule has 1 N–H and O–H groups in total. The molecule has 0 spiro atoms. The summed E-state index contributed by atoms with van der Waals surface area (Å²) >= 11 is 5.96. The largest absolute Gasteiger partial charge is 0.396 e. The summed E-state index contributed by atoms with van der Waals surface area (Å²) in [4.78, 5) is 0.277. The van der Waals surface area contributed by atoms with Gasteiger partial charge in [0.25, 0.3) is 0 Å². The molecule has 1 unspecified atom stereocenters. The van der Waals surface area contributed by atoms with Crippen LogP contribution in [0, 0.1) is 0 Å². The molecular weight excluding hydrogens is 236 g/mol. The van der Waals surface area contributed by atoms with Crippen molar-refractivity contribution in [2.45, 2.75) is 16.7 Å². The van der Waals surface area contributed by atoms with Crippen molar-refractivity contribution in [2.75, 3.05) is 12.9 Å². The van der Waals surface area contributed by atoms with E-state index in [1.54, 1.807) is 12.1 Å². The Bertz CT molecular complexity index is 411. The standard InChI is InChI=1S/C10H13ClO3S/c1-15(13,14)9-4-2-8(3-5-9)10(11)6-7-12/h2-5,10,12H,6-7H2,1H3. The summed E-state index contributed by atoms with van der Waals surface area (Å²) in [7, 11) is -3.15. The van der Waals surface area contributed by atoms with Crippen LogP contribution in [0.2, 0.25) is 0 Å². The molecule has 0 aliphatic rings. The van der Waals surface area contributed by atoms with Crippen LogP contribution in [-0.4, -0.2) is 26.4 Å². The number of aliphatic hydroxyl groups excluding tert-OH is 1. The zero-order valence-electron chi connectivity index (χ0n) is 8.35. The molecule has 3 nitrogen and oxygen atoms in total. The Balaban J connectivity index is 2.90. The molecule has 0 fully saturated rings. The topological polar surface area (TPSA) is 54.4 Å². The molecule has 0 amide bonds. The predicted molar refractivity (Wildman–Crippen MR) is 59.8 cm³/mol. The highest BCUT2D eigenvalue weighted by Crippen LogP contribution is 2.24. The highest BCUT2D eigenvalue weighted by atomic mass is 35.5. The maximum atomic E-state index is 11.2. The maximum Gasteiger partial charge on any atom is 0.175 e. The summed E-state index contributed by atoms with van der Waals surface area (Å²) < 4.78 is 22.3. The van der Waals surface area contributed by atoms with Crippen LogP contribution in [0.25, 0.3) is 0 Å². The average molecular weight is 249 g/mol. The Labute approximate surface area is 94.6 Å². The van der Waals surface area contributed by atoms with Crippen LogP contribution >= 0.6 is 11.6 Å². The Morgan fingerprint density at radius 3 is 2.27 bits per heavy atom. The van der Waals surface area contributed by atoms with Gasteiger partial charge in [-0.25, -0.2) is 8.42 Å². The molecule has 0 saturated heterocycles. The number of sulfone groups is 1.